The molecule has 4 rings (SSSR count). The van der Waals surface area contributed by atoms with E-state index < -0.39 is 0 Å². The molecule has 2 aromatic rings. The zero-order valence-electron chi connectivity index (χ0n) is 15.5. The molecule has 2 aromatic carbocycles. The molecule has 0 radical (unpaired) electrons. The van der Waals surface area contributed by atoms with Gasteiger partial charge in [-0.1, -0.05) is 17.7 Å². The number of rotatable bonds is 3. The summed E-state index contributed by atoms with van der Waals surface area (Å²) in [7, 11) is 0. The highest BCUT2D eigenvalue weighted by molar-refractivity contribution is 5.94. The van der Waals surface area contributed by atoms with Gasteiger partial charge in [-0.3, -0.25) is 4.79 Å². The maximum Gasteiger partial charge on any atom is 0.253 e. The molecule has 1 amide bonds. The first kappa shape index (κ1) is 17.0. The summed E-state index contributed by atoms with van der Waals surface area (Å²) in [4.78, 5) is 19.5. The third kappa shape index (κ3) is 3.55. The molecule has 4 nitrogen and oxygen atoms in total. The molecule has 0 aliphatic carbocycles. The summed E-state index contributed by atoms with van der Waals surface area (Å²) in [6.45, 7) is 7.74. The Morgan fingerprint density at radius 1 is 0.692 bits per heavy atom. The van der Waals surface area contributed by atoms with E-state index in [2.05, 4.69) is 34.1 Å². The second kappa shape index (κ2) is 7.40. The summed E-state index contributed by atoms with van der Waals surface area (Å²) in [5, 5.41) is 0. The minimum Gasteiger partial charge on any atom is -0.372 e. The van der Waals surface area contributed by atoms with Crippen molar-refractivity contribution in [3.8, 4) is 0 Å². The number of nitrogens with zero attached hydrogens (tertiary/aromatic N) is 3. The van der Waals surface area contributed by atoms with Gasteiger partial charge in [0.1, 0.15) is 0 Å². The Bertz CT molecular complexity index is 740. The Labute approximate surface area is 156 Å². The molecule has 0 aromatic heterocycles. The molecule has 2 aliphatic heterocycles. The minimum absolute atomic E-state index is 0.147. The van der Waals surface area contributed by atoms with Crippen LogP contribution in [0.15, 0.2) is 48.5 Å². The highest BCUT2D eigenvalue weighted by Crippen LogP contribution is 2.24. The van der Waals surface area contributed by atoms with Crippen LogP contribution in [-0.2, 0) is 0 Å². The molecule has 2 heterocycles. The summed E-state index contributed by atoms with van der Waals surface area (Å²) in [6, 6.07) is 16.8. The van der Waals surface area contributed by atoms with Gasteiger partial charge in [0.25, 0.3) is 5.91 Å². The number of hydrogen-bond donors (Lipinski definition) is 0. The smallest absolute Gasteiger partial charge is 0.253 e. The zero-order valence-corrected chi connectivity index (χ0v) is 15.5. The van der Waals surface area contributed by atoms with Crippen LogP contribution in [-0.4, -0.2) is 50.1 Å². The van der Waals surface area contributed by atoms with Crippen molar-refractivity contribution in [1.29, 1.82) is 0 Å². The predicted molar refractivity (Wildman–Crippen MR) is 107 cm³/mol. The van der Waals surface area contributed by atoms with Crippen LogP contribution in [0.5, 0.6) is 0 Å². The lowest BCUT2D eigenvalue weighted by atomic mass is 10.1. The van der Waals surface area contributed by atoms with Crippen molar-refractivity contribution in [2.45, 2.75) is 19.8 Å². The van der Waals surface area contributed by atoms with Gasteiger partial charge >= 0.3 is 0 Å². The third-order valence-corrected chi connectivity index (χ3v) is 5.55. The van der Waals surface area contributed by atoms with E-state index in [9.17, 15) is 4.79 Å². The maximum absolute atomic E-state index is 12.6. The van der Waals surface area contributed by atoms with E-state index in [1.807, 2.05) is 36.1 Å². The highest BCUT2D eigenvalue weighted by atomic mass is 16.2. The van der Waals surface area contributed by atoms with Crippen LogP contribution in [0.25, 0.3) is 0 Å². The average Bonchev–Trinajstić information content (AvgIpc) is 3.23. The predicted octanol–water partition coefficient (Wildman–Crippen LogP) is 3.56. The van der Waals surface area contributed by atoms with E-state index in [-0.39, 0.29) is 5.91 Å². The molecule has 2 saturated heterocycles. The van der Waals surface area contributed by atoms with Crippen LogP contribution < -0.4 is 9.80 Å². The molecule has 0 unspecified atom stereocenters. The molecule has 26 heavy (non-hydrogen) atoms. The molecule has 2 aliphatic rings. The van der Waals surface area contributed by atoms with Crippen LogP contribution in [0, 0.1) is 6.92 Å². The SMILES string of the molecule is Cc1ccc(C(=O)N2CCN(c3ccc(N4CCCC4)cc3)CC2)cc1. The number of anilines is 2. The number of hydrogen-bond acceptors (Lipinski definition) is 3. The van der Waals surface area contributed by atoms with Crippen LogP contribution in [0.4, 0.5) is 11.4 Å². The van der Waals surface area contributed by atoms with Crippen molar-refractivity contribution in [2.24, 2.45) is 0 Å². The molecule has 4 heteroatoms. The Morgan fingerprint density at radius 3 is 1.73 bits per heavy atom. The lowest BCUT2D eigenvalue weighted by molar-refractivity contribution is 0.0747. The summed E-state index contributed by atoms with van der Waals surface area (Å²) >= 11 is 0. The normalized spacial score (nSPS) is 17.7. The molecule has 0 saturated carbocycles. The van der Waals surface area contributed by atoms with Crippen LogP contribution in [0.1, 0.15) is 28.8 Å². The van der Waals surface area contributed by atoms with Gasteiger partial charge in [-0.05, 0) is 56.2 Å². The number of piperazine rings is 1. The largest absolute Gasteiger partial charge is 0.372 e. The maximum atomic E-state index is 12.6. The minimum atomic E-state index is 0.147. The molecular formula is C22H27N3O. The van der Waals surface area contributed by atoms with Gasteiger partial charge in [-0.25, -0.2) is 0 Å². The fourth-order valence-electron chi connectivity index (χ4n) is 3.90. The van der Waals surface area contributed by atoms with Crippen LogP contribution >= 0.6 is 0 Å². The number of aryl methyl sites for hydroxylation is 1. The Morgan fingerprint density at radius 2 is 1.19 bits per heavy atom. The molecule has 136 valence electrons. The fraction of sp³-hybridized carbons (Fsp3) is 0.409. The first-order valence-corrected chi connectivity index (χ1v) is 9.67. The zero-order chi connectivity index (χ0) is 17.9. The summed E-state index contributed by atoms with van der Waals surface area (Å²) in [5.41, 5.74) is 4.57. The first-order valence-electron chi connectivity index (χ1n) is 9.67. The number of amides is 1. The second-order valence-corrected chi connectivity index (χ2v) is 7.36. The third-order valence-electron chi connectivity index (χ3n) is 5.55. The molecule has 0 spiro atoms. The first-order chi connectivity index (χ1) is 12.7. The van der Waals surface area contributed by atoms with Gasteiger partial charge in [0.05, 0.1) is 0 Å². The Kier molecular flexibility index (Phi) is 4.83. The van der Waals surface area contributed by atoms with Crippen molar-refractivity contribution >= 4 is 17.3 Å². The van der Waals surface area contributed by atoms with Crippen molar-refractivity contribution in [3.05, 3.63) is 59.7 Å². The summed E-state index contributed by atoms with van der Waals surface area (Å²) in [6.07, 6.45) is 2.61. The summed E-state index contributed by atoms with van der Waals surface area (Å²) in [5.74, 6) is 0.147. The topological polar surface area (TPSA) is 26.8 Å². The Balaban J connectivity index is 1.35. The highest BCUT2D eigenvalue weighted by Gasteiger charge is 2.22. The van der Waals surface area contributed by atoms with E-state index in [4.69, 9.17) is 0 Å². The van der Waals surface area contributed by atoms with Crippen molar-refractivity contribution in [2.75, 3.05) is 49.1 Å². The van der Waals surface area contributed by atoms with E-state index >= 15 is 0 Å². The number of carbonyl (C=O) groups is 1. The van der Waals surface area contributed by atoms with Gasteiger partial charge in [-0.15, -0.1) is 0 Å². The molecule has 0 bridgehead atoms. The lowest BCUT2D eigenvalue weighted by Gasteiger charge is -2.36. The van der Waals surface area contributed by atoms with E-state index in [0.717, 1.165) is 31.7 Å². The van der Waals surface area contributed by atoms with E-state index in [0.29, 0.717) is 0 Å². The quantitative estimate of drug-likeness (QED) is 0.848. The van der Waals surface area contributed by atoms with Gasteiger partial charge in [-0.2, -0.15) is 0 Å². The van der Waals surface area contributed by atoms with Gasteiger partial charge in [0.15, 0.2) is 0 Å². The van der Waals surface area contributed by atoms with Crippen LogP contribution in [0.2, 0.25) is 0 Å². The van der Waals surface area contributed by atoms with Crippen LogP contribution in [0.3, 0.4) is 0 Å². The molecule has 0 N–H and O–H groups in total. The van der Waals surface area contributed by atoms with Crippen molar-refractivity contribution in [1.82, 2.24) is 4.90 Å². The molecule has 0 atom stereocenters. The van der Waals surface area contributed by atoms with Gasteiger partial charge < -0.3 is 14.7 Å². The molecule has 2 fully saturated rings. The average molecular weight is 349 g/mol. The molecular weight excluding hydrogens is 322 g/mol. The van der Waals surface area contributed by atoms with Crippen molar-refractivity contribution in [3.63, 3.8) is 0 Å². The second-order valence-electron chi connectivity index (χ2n) is 7.36. The lowest BCUT2D eigenvalue weighted by Crippen LogP contribution is -2.48. The summed E-state index contributed by atoms with van der Waals surface area (Å²) < 4.78 is 0. The fourth-order valence-corrected chi connectivity index (χ4v) is 3.90. The number of carbonyl (C=O) groups excluding carboxylic acids is 1. The monoisotopic (exact) mass is 349 g/mol. The van der Waals surface area contributed by atoms with Gasteiger partial charge in [0.2, 0.25) is 0 Å². The van der Waals surface area contributed by atoms with E-state index in [1.165, 1.54) is 42.9 Å². The van der Waals surface area contributed by atoms with Crippen molar-refractivity contribution < 1.29 is 4.79 Å². The standard InChI is InChI=1S/C22H27N3O/c1-18-4-6-19(7-5-18)22(26)25-16-14-24(15-17-25)21-10-8-20(9-11-21)23-12-2-3-13-23/h4-11H,2-3,12-17H2,1H3. The Hall–Kier alpha value is -2.49. The van der Waals surface area contributed by atoms with E-state index in [1.54, 1.807) is 0 Å². The number of benzene rings is 2. The van der Waals surface area contributed by atoms with Gasteiger partial charge in [0, 0.05) is 56.2 Å².